The largest absolute Gasteiger partial charge is 0.464 e. The summed E-state index contributed by atoms with van der Waals surface area (Å²) in [6.45, 7) is 0. The van der Waals surface area contributed by atoms with Crippen molar-refractivity contribution in [2.75, 3.05) is 0 Å². The first-order chi connectivity index (χ1) is 6.13. The first kappa shape index (κ1) is 9.21. The summed E-state index contributed by atoms with van der Waals surface area (Å²) in [7, 11) is 0. The smallest absolute Gasteiger partial charge is 0.429 e. The summed E-state index contributed by atoms with van der Waals surface area (Å²) in [5.41, 5.74) is 0.243. The number of imide groups is 1. The number of hydrazine groups is 1. The van der Waals surface area contributed by atoms with Crippen molar-refractivity contribution in [2.45, 2.75) is 0 Å². The quantitative estimate of drug-likeness (QED) is 0.378. The summed E-state index contributed by atoms with van der Waals surface area (Å²) in [6.07, 6.45) is -1.48. The van der Waals surface area contributed by atoms with Crippen LogP contribution in [0, 0.1) is 0 Å². The second kappa shape index (κ2) is 3.68. The van der Waals surface area contributed by atoms with Gasteiger partial charge in [0.25, 0.3) is 5.91 Å². The van der Waals surface area contributed by atoms with Gasteiger partial charge in [0.2, 0.25) is 0 Å². The van der Waals surface area contributed by atoms with Crippen molar-refractivity contribution >= 4 is 12.0 Å². The molecule has 0 spiro atoms. The van der Waals surface area contributed by atoms with Gasteiger partial charge >= 0.3 is 6.09 Å². The summed E-state index contributed by atoms with van der Waals surface area (Å²) in [5, 5.41) is 8.54. The molecule has 0 bridgehead atoms. The lowest BCUT2D eigenvalue weighted by Crippen LogP contribution is -2.41. The molecule has 0 fully saturated rings. The van der Waals surface area contributed by atoms with Crippen LogP contribution in [0.4, 0.5) is 4.79 Å². The van der Waals surface area contributed by atoms with Gasteiger partial charge < -0.3 is 5.11 Å². The van der Waals surface area contributed by atoms with Crippen LogP contribution in [0.2, 0.25) is 0 Å². The predicted octanol–water partition coefficient (Wildman–Crippen LogP) is 0.681. The summed E-state index contributed by atoms with van der Waals surface area (Å²) < 4.78 is 0. The van der Waals surface area contributed by atoms with Gasteiger partial charge in [-0.15, -0.1) is 0 Å². The van der Waals surface area contributed by atoms with E-state index < -0.39 is 12.0 Å². The monoisotopic (exact) mass is 180 g/mol. The normalized spacial score (nSPS) is 9.31. The Morgan fingerprint density at radius 1 is 1.23 bits per heavy atom. The molecule has 1 aromatic rings. The highest BCUT2D eigenvalue weighted by Crippen LogP contribution is 2.01. The predicted molar refractivity (Wildman–Crippen MR) is 44.8 cm³/mol. The Labute approximate surface area is 74.3 Å². The van der Waals surface area contributed by atoms with Crippen LogP contribution in [0.1, 0.15) is 10.4 Å². The minimum Gasteiger partial charge on any atom is -0.464 e. The van der Waals surface area contributed by atoms with E-state index in [0.29, 0.717) is 0 Å². The zero-order valence-electron chi connectivity index (χ0n) is 6.68. The molecule has 5 heteroatoms. The van der Waals surface area contributed by atoms with Crippen molar-refractivity contribution in [1.29, 1.82) is 0 Å². The Balaban J connectivity index is 2.86. The summed E-state index contributed by atoms with van der Waals surface area (Å²) in [4.78, 5) is 21.5. The molecule has 0 aliphatic rings. The van der Waals surface area contributed by atoms with E-state index in [-0.39, 0.29) is 10.6 Å². The molecule has 0 saturated heterocycles. The van der Waals surface area contributed by atoms with E-state index >= 15 is 0 Å². The third-order valence-corrected chi connectivity index (χ3v) is 1.45. The molecule has 0 unspecified atom stereocenters. The van der Waals surface area contributed by atoms with Crippen LogP contribution < -0.4 is 5.84 Å². The van der Waals surface area contributed by atoms with E-state index in [4.69, 9.17) is 10.9 Å². The van der Waals surface area contributed by atoms with Gasteiger partial charge in [-0.05, 0) is 12.1 Å². The number of benzene rings is 1. The van der Waals surface area contributed by atoms with E-state index in [0.717, 1.165) is 0 Å². The fourth-order valence-corrected chi connectivity index (χ4v) is 0.807. The Bertz CT molecular complexity index is 323. The molecule has 0 aliphatic carbocycles. The molecule has 68 valence electrons. The number of nitrogens with two attached hydrogens (primary N) is 1. The molecule has 2 amide bonds. The highest BCUT2D eigenvalue weighted by Gasteiger charge is 2.17. The van der Waals surface area contributed by atoms with E-state index in [9.17, 15) is 9.59 Å². The maximum absolute atomic E-state index is 11.2. The molecule has 1 rings (SSSR count). The number of amides is 2. The lowest BCUT2D eigenvalue weighted by atomic mass is 10.2. The van der Waals surface area contributed by atoms with Crippen molar-refractivity contribution in [3.05, 3.63) is 35.9 Å². The number of nitrogens with zero attached hydrogens (tertiary/aromatic N) is 1. The average Bonchev–Trinajstić information content (AvgIpc) is 2.17. The number of carbonyl (C=O) groups is 2. The zero-order valence-corrected chi connectivity index (χ0v) is 6.68. The number of carboxylic acid groups (broad SMARTS) is 1. The van der Waals surface area contributed by atoms with Crippen molar-refractivity contribution in [3.8, 4) is 0 Å². The Hall–Kier alpha value is -1.88. The van der Waals surface area contributed by atoms with Gasteiger partial charge in [-0.1, -0.05) is 18.2 Å². The molecule has 0 aromatic heterocycles. The molecule has 1 aromatic carbocycles. The van der Waals surface area contributed by atoms with E-state index in [1.54, 1.807) is 18.2 Å². The van der Waals surface area contributed by atoms with Crippen LogP contribution in [0.25, 0.3) is 0 Å². The molecule has 0 aliphatic heterocycles. The number of carbonyl (C=O) groups excluding carboxylic acids is 1. The van der Waals surface area contributed by atoms with Crippen molar-refractivity contribution in [3.63, 3.8) is 0 Å². The third-order valence-electron chi connectivity index (χ3n) is 1.45. The molecule has 13 heavy (non-hydrogen) atoms. The lowest BCUT2D eigenvalue weighted by Gasteiger charge is -2.09. The SMILES string of the molecule is NN(C(=O)O)C(=O)c1ccccc1. The third kappa shape index (κ3) is 2.03. The van der Waals surface area contributed by atoms with Crippen LogP contribution in [0.5, 0.6) is 0 Å². The van der Waals surface area contributed by atoms with Gasteiger partial charge in [0.15, 0.2) is 0 Å². The molecule has 0 atom stereocenters. The van der Waals surface area contributed by atoms with Crippen LogP contribution in [-0.2, 0) is 0 Å². The minimum atomic E-state index is -1.48. The van der Waals surface area contributed by atoms with E-state index in [2.05, 4.69) is 0 Å². The lowest BCUT2D eigenvalue weighted by molar-refractivity contribution is 0.0741. The summed E-state index contributed by atoms with van der Waals surface area (Å²) >= 11 is 0. The summed E-state index contributed by atoms with van der Waals surface area (Å²) in [5.74, 6) is 4.23. The second-order valence-electron chi connectivity index (χ2n) is 2.32. The Kier molecular flexibility index (Phi) is 2.61. The standard InChI is InChI=1S/C8H8N2O3/c9-10(8(12)13)7(11)6-4-2-1-3-5-6/h1-5H,9H2,(H,12,13). The van der Waals surface area contributed by atoms with Crippen LogP contribution in [0.15, 0.2) is 30.3 Å². The van der Waals surface area contributed by atoms with Crippen molar-refractivity contribution < 1.29 is 14.7 Å². The minimum absolute atomic E-state index is 0.148. The van der Waals surface area contributed by atoms with Gasteiger partial charge in [0.1, 0.15) is 0 Å². The molecule has 5 nitrogen and oxygen atoms in total. The molecular formula is C8H8N2O3. The highest BCUT2D eigenvalue weighted by molar-refractivity contribution is 6.01. The fraction of sp³-hybridized carbons (Fsp3) is 0. The maximum atomic E-state index is 11.2. The van der Waals surface area contributed by atoms with Gasteiger partial charge in [-0.2, -0.15) is 5.01 Å². The molecule has 0 radical (unpaired) electrons. The van der Waals surface area contributed by atoms with Crippen LogP contribution in [-0.4, -0.2) is 22.1 Å². The first-order valence-corrected chi connectivity index (χ1v) is 3.50. The number of hydrogen-bond acceptors (Lipinski definition) is 3. The van der Waals surface area contributed by atoms with E-state index in [1.807, 2.05) is 0 Å². The van der Waals surface area contributed by atoms with Crippen LogP contribution >= 0.6 is 0 Å². The van der Waals surface area contributed by atoms with Gasteiger partial charge in [-0.25, -0.2) is 10.6 Å². The highest BCUT2D eigenvalue weighted by atomic mass is 16.4. The van der Waals surface area contributed by atoms with Gasteiger partial charge in [-0.3, -0.25) is 4.79 Å². The number of rotatable bonds is 1. The molecular weight excluding hydrogens is 172 g/mol. The molecule has 3 N–H and O–H groups in total. The fourth-order valence-electron chi connectivity index (χ4n) is 0.807. The summed E-state index contributed by atoms with van der Waals surface area (Å²) in [6, 6.07) is 7.96. The second-order valence-corrected chi connectivity index (χ2v) is 2.32. The van der Waals surface area contributed by atoms with Crippen molar-refractivity contribution in [1.82, 2.24) is 5.01 Å². The van der Waals surface area contributed by atoms with E-state index in [1.165, 1.54) is 12.1 Å². The molecule has 0 heterocycles. The number of hydrogen-bond donors (Lipinski definition) is 2. The van der Waals surface area contributed by atoms with Gasteiger partial charge in [0, 0.05) is 5.56 Å². The topological polar surface area (TPSA) is 83.6 Å². The van der Waals surface area contributed by atoms with Crippen LogP contribution in [0.3, 0.4) is 0 Å². The van der Waals surface area contributed by atoms with Gasteiger partial charge in [0.05, 0.1) is 0 Å². The zero-order chi connectivity index (χ0) is 9.84. The maximum Gasteiger partial charge on any atom is 0.429 e. The average molecular weight is 180 g/mol. The Morgan fingerprint density at radius 2 is 1.77 bits per heavy atom. The van der Waals surface area contributed by atoms with Crippen molar-refractivity contribution in [2.24, 2.45) is 5.84 Å². The molecule has 0 saturated carbocycles. The Morgan fingerprint density at radius 3 is 2.23 bits per heavy atom. The first-order valence-electron chi connectivity index (χ1n) is 3.50.